The lowest BCUT2D eigenvalue weighted by molar-refractivity contribution is -0.141. The summed E-state index contributed by atoms with van der Waals surface area (Å²) in [6.07, 6.45) is 20.3. The minimum atomic E-state index is -0.602. The van der Waals surface area contributed by atoms with Gasteiger partial charge in [0.05, 0.1) is 6.04 Å². The highest BCUT2D eigenvalue weighted by molar-refractivity contribution is 5.87. The lowest BCUT2D eigenvalue weighted by Gasteiger charge is -2.40. The summed E-state index contributed by atoms with van der Waals surface area (Å²) >= 11 is 0. The van der Waals surface area contributed by atoms with Gasteiger partial charge in [0, 0.05) is 56.6 Å². The van der Waals surface area contributed by atoms with E-state index in [0.717, 1.165) is 129 Å². The third kappa shape index (κ3) is 20.9. The Bertz CT molecular complexity index is 2320. The van der Waals surface area contributed by atoms with Crippen LogP contribution in [0.15, 0.2) is 121 Å². The van der Waals surface area contributed by atoms with Crippen LogP contribution in [0.5, 0.6) is 0 Å². The van der Waals surface area contributed by atoms with Gasteiger partial charge >= 0.3 is 6.09 Å². The molecule has 3 N–H and O–H groups in total. The van der Waals surface area contributed by atoms with Gasteiger partial charge in [0.2, 0.25) is 23.6 Å². The molecule has 8 rings (SSSR count). The number of ether oxygens (including phenoxy) is 1. The SMILES string of the molecule is CC(C)(C)OC(=O)N1CCCCC1C(=O)N1CCC(C(=O)NC(CCCc2ccccc2)CCCc2ccccc2)CC1.O=C(NC(CCCc1ccccc1)CCCc1ccccc1)C1CCN(C(=O)C2CCCCN2)CC1. The van der Waals surface area contributed by atoms with E-state index in [1.54, 1.807) is 4.90 Å². The number of benzene rings is 4. The second kappa shape index (κ2) is 32.3. The minimum Gasteiger partial charge on any atom is -0.444 e. The Morgan fingerprint density at radius 3 is 1.24 bits per heavy atom. The molecular formula is C67H94N6O6. The Morgan fingerprint density at radius 2 is 0.873 bits per heavy atom. The molecule has 0 radical (unpaired) electrons. The number of carbonyl (C=O) groups is 5. The van der Waals surface area contributed by atoms with Gasteiger partial charge in [0.1, 0.15) is 11.6 Å². The quantitative estimate of drug-likeness (QED) is 0.0712. The fourth-order valence-electron chi connectivity index (χ4n) is 11.9. The molecule has 4 fully saturated rings. The molecule has 4 saturated heterocycles. The molecule has 428 valence electrons. The molecule has 4 heterocycles. The second-order valence-corrected chi connectivity index (χ2v) is 23.8. The smallest absolute Gasteiger partial charge is 0.410 e. The predicted molar refractivity (Wildman–Crippen MR) is 316 cm³/mol. The van der Waals surface area contributed by atoms with Gasteiger partial charge in [0.25, 0.3) is 0 Å². The van der Waals surface area contributed by atoms with Crippen molar-refractivity contribution in [3.8, 4) is 0 Å². The van der Waals surface area contributed by atoms with E-state index in [9.17, 15) is 24.0 Å². The maximum Gasteiger partial charge on any atom is 0.410 e. The summed E-state index contributed by atoms with van der Waals surface area (Å²) in [7, 11) is 0. The minimum absolute atomic E-state index is 0.0101. The van der Waals surface area contributed by atoms with Crippen molar-refractivity contribution >= 4 is 29.7 Å². The topological polar surface area (TPSA) is 140 Å². The summed E-state index contributed by atoms with van der Waals surface area (Å²) in [6, 6.07) is 42.1. The van der Waals surface area contributed by atoms with Crippen LogP contribution >= 0.6 is 0 Å². The largest absolute Gasteiger partial charge is 0.444 e. The Morgan fingerprint density at radius 1 is 0.494 bits per heavy atom. The molecular weight excluding hydrogens is 985 g/mol. The van der Waals surface area contributed by atoms with Gasteiger partial charge < -0.3 is 30.5 Å². The molecule has 4 aromatic carbocycles. The zero-order valence-electron chi connectivity index (χ0n) is 48.1. The molecule has 12 nitrogen and oxygen atoms in total. The number of amides is 5. The van der Waals surface area contributed by atoms with Crippen LogP contribution < -0.4 is 16.0 Å². The number of nitrogens with zero attached hydrogens (tertiary/aromatic N) is 3. The van der Waals surface area contributed by atoms with E-state index in [0.29, 0.717) is 52.0 Å². The van der Waals surface area contributed by atoms with E-state index < -0.39 is 17.7 Å². The third-order valence-electron chi connectivity index (χ3n) is 16.5. The van der Waals surface area contributed by atoms with Crippen molar-refractivity contribution in [1.82, 2.24) is 30.7 Å². The average molecular weight is 1080 g/mol. The number of carbonyl (C=O) groups excluding carboxylic acids is 5. The summed E-state index contributed by atoms with van der Waals surface area (Å²) in [5.41, 5.74) is 4.77. The van der Waals surface area contributed by atoms with Gasteiger partial charge in [-0.05, 0) is 184 Å². The maximum absolute atomic E-state index is 13.5. The van der Waals surface area contributed by atoms with Crippen LogP contribution in [-0.4, -0.2) is 113 Å². The molecule has 79 heavy (non-hydrogen) atoms. The van der Waals surface area contributed by atoms with Gasteiger partial charge in [-0.15, -0.1) is 0 Å². The molecule has 0 saturated carbocycles. The first kappa shape index (κ1) is 60.6. The van der Waals surface area contributed by atoms with Crippen LogP contribution in [0.2, 0.25) is 0 Å². The number of nitrogens with one attached hydrogen (secondary N) is 3. The monoisotopic (exact) mass is 1080 g/mol. The summed E-state index contributed by atoms with van der Waals surface area (Å²) in [6.45, 7) is 9.50. The first-order valence-corrected chi connectivity index (χ1v) is 30.5. The van der Waals surface area contributed by atoms with Gasteiger partial charge in [-0.1, -0.05) is 128 Å². The van der Waals surface area contributed by atoms with Gasteiger partial charge in [-0.25, -0.2) is 4.79 Å². The van der Waals surface area contributed by atoms with Crippen LogP contribution in [0.25, 0.3) is 0 Å². The van der Waals surface area contributed by atoms with Crippen molar-refractivity contribution < 1.29 is 28.7 Å². The molecule has 5 amide bonds. The molecule has 12 heteroatoms. The Balaban J connectivity index is 0.000000232. The zero-order chi connectivity index (χ0) is 55.7. The maximum atomic E-state index is 13.5. The molecule has 2 unspecified atom stereocenters. The molecule has 0 aliphatic carbocycles. The van der Waals surface area contributed by atoms with Crippen molar-refractivity contribution in [2.45, 2.75) is 192 Å². The predicted octanol–water partition coefficient (Wildman–Crippen LogP) is 11.4. The molecule has 0 bridgehead atoms. The van der Waals surface area contributed by atoms with Crippen molar-refractivity contribution in [2.75, 3.05) is 39.3 Å². The highest BCUT2D eigenvalue weighted by Gasteiger charge is 2.39. The number of aryl methyl sites for hydroxylation is 4. The summed E-state index contributed by atoms with van der Waals surface area (Å²) < 4.78 is 5.60. The number of hydrogen-bond acceptors (Lipinski definition) is 7. The molecule has 0 aromatic heterocycles. The molecule has 4 aromatic rings. The van der Waals surface area contributed by atoms with Gasteiger partial charge in [-0.3, -0.25) is 24.1 Å². The van der Waals surface area contributed by atoms with E-state index in [2.05, 4.69) is 125 Å². The van der Waals surface area contributed by atoms with Crippen LogP contribution in [-0.2, 0) is 49.6 Å². The van der Waals surface area contributed by atoms with Crippen molar-refractivity contribution in [1.29, 1.82) is 0 Å². The molecule has 4 aliphatic rings. The van der Waals surface area contributed by atoms with Crippen molar-refractivity contribution in [2.24, 2.45) is 11.8 Å². The van der Waals surface area contributed by atoms with E-state index in [-0.39, 0.29) is 53.6 Å². The standard InChI is InChI=1S/C36H51N3O4.C31H43N3O2/c1-36(2,3)43-35(42)39-25-11-10-22-32(39)34(41)38-26-23-30(24-27-38)33(40)37-31(20-12-18-28-14-6-4-7-15-28)21-13-19-29-16-8-5-9-17-29;35-30(27-20-23-34(24-21-27)31(36)29-19-7-8-22-32-29)33-28(17-9-15-25-11-3-1-4-12-25)18-10-16-26-13-5-2-6-14-26/h4-9,14-17,30-32H,10-13,18-27H2,1-3H3,(H,37,40);1-6,11-14,27-29,32H,7-10,15-24H2,(H,33,35). The van der Waals surface area contributed by atoms with Gasteiger partial charge in [0.15, 0.2) is 0 Å². The zero-order valence-corrected chi connectivity index (χ0v) is 48.1. The second-order valence-electron chi connectivity index (χ2n) is 23.8. The normalized spacial score (nSPS) is 18.4. The first-order chi connectivity index (χ1) is 38.4. The fraction of sp³-hybridized carbons (Fsp3) is 0.567. The number of piperidine rings is 4. The Hall–Kier alpha value is -6.01. The van der Waals surface area contributed by atoms with Gasteiger partial charge in [-0.2, -0.15) is 0 Å². The van der Waals surface area contributed by atoms with E-state index in [1.807, 2.05) is 42.7 Å². The van der Waals surface area contributed by atoms with Crippen LogP contribution in [0, 0.1) is 11.8 Å². The average Bonchev–Trinajstić information content (AvgIpc) is 3.49. The number of hydrogen-bond donors (Lipinski definition) is 3. The van der Waals surface area contributed by atoms with E-state index in [1.165, 1.54) is 22.3 Å². The third-order valence-corrected chi connectivity index (χ3v) is 16.5. The van der Waals surface area contributed by atoms with E-state index >= 15 is 0 Å². The molecule has 2 atom stereocenters. The van der Waals surface area contributed by atoms with Crippen LogP contribution in [0.3, 0.4) is 0 Å². The lowest BCUT2D eigenvalue weighted by Crippen LogP contribution is -2.55. The summed E-state index contributed by atoms with van der Waals surface area (Å²) in [5.74, 6) is 0.437. The van der Waals surface area contributed by atoms with Crippen molar-refractivity contribution in [3.05, 3.63) is 144 Å². The summed E-state index contributed by atoms with van der Waals surface area (Å²) in [4.78, 5) is 71.3. The Kier molecular flexibility index (Phi) is 24.8. The molecule has 4 aliphatic heterocycles. The van der Waals surface area contributed by atoms with Crippen LogP contribution in [0.1, 0.15) is 159 Å². The van der Waals surface area contributed by atoms with Crippen molar-refractivity contribution in [3.63, 3.8) is 0 Å². The number of rotatable bonds is 22. The molecule has 0 spiro atoms. The van der Waals surface area contributed by atoms with Crippen LogP contribution in [0.4, 0.5) is 4.79 Å². The fourth-order valence-corrected chi connectivity index (χ4v) is 11.9. The first-order valence-electron chi connectivity index (χ1n) is 30.5. The number of likely N-dealkylation sites (tertiary alicyclic amines) is 3. The summed E-state index contributed by atoms with van der Waals surface area (Å²) in [5, 5.41) is 10.2. The lowest BCUT2D eigenvalue weighted by atomic mass is 9.93. The highest BCUT2D eigenvalue weighted by atomic mass is 16.6. The van der Waals surface area contributed by atoms with E-state index in [4.69, 9.17) is 4.74 Å². The Labute approximate surface area is 473 Å². The highest BCUT2D eigenvalue weighted by Crippen LogP contribution is 2.27.